The van der Waals surface area contributed by atoms with Crippen molar-refractivity contribution in [1.29, 1.82) is 0 Å². The number of hydrogen-bond donors (Lipinski definition) is 1. The second-order valence-electron chi connectivity index (χ2n) is 3.56. The fourth-order valence-corrected chi connectivity index (χ4v) is 1.58. The monoisotopic (exact) mass is 127 g/mol. The van der Waals surface area contributed by atoms with Gasteiger partial charge in [-0.1, -0.05) is 20.3 Å². The molecule has 9 heavy (non-hydrogen) atoms. The van der Waals surface area contributed by atoms with Crippen molar-refractivity contribution in [1.82, 2.24) is 0 Å². The summed E-state index contributed by atoms with van der Waals surface area (Å²) in [6, 6.07) is 0.480. The molecule has 0 unspecified atom stereocenters. The summed E-state index contributed by atoms with van der Waals surface area (Å²) in [7, 11) is 0. The second-order valence-corrected chi connectivity index (χ2v) is 3.56. The molecule has 0 spiro atoms. The molecule has 0 aromatic carbocycles. The minimum atomic E-state index is 0.480. The lowest BCUT2D eigenvalue weighted by Gasteiger charge is -2.29. The average Bonchev–Trinajstić information content (AvgIpc) is 1.80. The first-order valence-electron chi connectivity index (χ1n) is 3.95. The summed E-state index contributed by atoms with van der Waals surface area (Å²) >= 11 is 0. The maximum absolute atomic E-state index is 5.87. The molecule has 1 nitrogen and oxygen atoms in total. The van der Waals surface area contributed by atoms with E-state index in [0.717, 1.165) is 11.8 Å². The van der Waals surface area contributed by atoms with Gasteiger partial charge in [-0.2, -0.15) is 0 Å². The van der Waals surface area contributed by atoms with E-state index in [1.165, 1.54) is 19.3 Å². The van der Waals surface area contributed by atoms with Gasteiger partial charge in [-0.15, -0.1) is 0 Å². The Hall–Kier alpha value is -0.0400. The number of hydrogen-bond acceptors (Lipinski definition) is 1. The van der Waals surface area contributed by atoms with Crippen LogP contribution in [-0.4, -0.2) is 6.04 Å². The molecular formula is C8H17N. The van der Waals surface area contributed by atoms with Crippen LogP contribution in [-0.2, 0) is 0 Å². The van der Waals surface area contributed by atoms with Gasteiger partial charge < -0.3 is 5.73 Å². The van der Waals surface area contributed by atoms with Crippen molar-refractivity contribution >= 4 is 0 Å². The quantitative estimate of drug-likeness (QED) is 0.527. The van der Waals surface area contributed by atoms with E-state index >= 15 is 0 Å². The lowest BCUT2D eigenvalue weighted by molar-refractivity contribution is 0.266. The van der Waals surface area contributed by atoms with Gasteiger partial charge >= 0.3 is 0 Å². The Balaban J connectivity index is 2.35. The molecule has 1 heteroatoms. The van der Waals surface area contributed by atoms with Crippen LogP contribution < -0.4 is 5.73 Å². The van der Waals surface area contributed by atoms with Crippen LogP contribution in [0.25, 0.3) is 0 Å². The van der Waals surface area contributed by atoms with Crippen molar-refractivity contribution in [2.45, 2.75) is 39.2 Å². The number of rotatable bonds is 0. The summed E-state index contributed by atoms with van der Waals surface area (Å²) in [5, 5.41) is 0. The van der Waals surface area contributed by atoms with Crippen LogP contribution in [0.4, 0.5) is 0 Å². The highest BCUT2D eigenvalue weighted by Crippen LogP contribution is 2.26. The molecule has 1 fully saturated rings. The molecular weight excluding hydrogens is 110 g/mol. The molecule has 1 aliphatic rings. The minimum Gasteiger partial charge on any atom is -0.327 e. The van der Waals surface area contributed by atoms with Crippen molar-refractivity contribution in [2.24, 2.45) is 17.6 Å². The highest BCUT2D eigenvalue weighted by Gasteiger charge is 2.21. The van der Waals surface area contributed by atoms with E-state index in [4.69, 9.17) is 5.73 Å². The molecule has 3 atom stereocenters. The SMILES string of the molecule is C[C@H]1CC[C@@H](C)[C@@H](N)C1. The molecule has 0 heterocycles. The predicted molar refractivity (Wildman–Crippen MR) is 40.2 cm³/mol. The third kappa shape index (κ3) is 1.68. The van der Waals surface area contributed by atoms with E-state index in [9.17, 15) is 0 Å². The lowest BCUT2D eigenvalue weighted by Crippen LogP contribution is -2.34. The highest BCUT2D eigenvalue weighted by atomic mass is 14.7. The van der Waals surface area contributed by atoms with Crippen molar-refractivity contribution in [2.75, 3.05) is 0 Å². The van der Waals surface area contributed by atoms with Crippen LogP contribution in [0.5, 0.6) is 0 Å². The zero-order valence-corrected chi connectivity index (χ0v) is 6.43. The average molecular weight is 127 g/mol. The Bertz CT molecular complexity index is 90.6. The summed E-state index contributed by atoms with van der Waals surface area (Å²) in [5.74, 6) is 1.64. The van der Waals surface area contributed by atoms with Crippen molar-refractivity contribution in [3.63, 3.8) is 0 Å². The standard InChI is InChI=1S/C8H17N/c1-6-3-4-7(2)8(9)5-6/h6-8H,3-5,9H2,1-2H3/t6-,7+,8-/m0/s1. The molecule has 1 rings (SSSR count). The largest absolute Gasteiger partial charge is 0.327 e. The lowest BCUT2D eigenvalue weighted by atomic mass is 9.81. The van der Waals surface area contributed by atoms with Gasteiger partial charge in [0.05, 0.1) is 0 Å². The molecule has 0 aliphatic heterocycles. The topological polar surface area (TPSA) is 26.0 Å². The van der Waals surface area contributed by atoms with E-state index in [1.54, 1.807) is 0 Å². The zero-order chi connectivity index (χ0) is 6.85. The molecule has 0 amide bonds. The Morgan fingerprint density at radius 2 is 1.89 bits per heavy atom. The molecule has 0 aromatic rings. The van der Waals surface area contributed by atoms with Crippen LogP contribution in [0.3, 0.4) is 0 Å². The van der Waals surface area contributed by atoms with Gasteiger partial charge in [0, 0.05) is 6.04 Å². The second kappa shape index (κ2) is 2.70. The van der Waals surface area contributed by atoms with Gasteiger partial charge in [0.15, 0.2) is 0 Å². The molecule has 0 saturated heterocycles. The Kier molecular flexibility index (Phi) is 2.12. The van der Waals surface area contributed by atoms with Gasteiger partial charge in [0.25, 0.3) is 0 Å². The first-order chi connectivity index (χ1) is 4.20. The van der Waals surface area contributed by atoms with Gasteiger partial charge in [-0.05, 0) is 24.7 Å². The molecule has 1 aliphatic carbocycles. The molecule has 0 bridgehead atoms. The molecule has 0 aromatic heterocycles. The van der Waals surface area contributed by atoms with Gasteiger partial charge in [-0.25, -0.2) is 0 Å². The van der Waals surface area contributed by atoms with Crippen LogP contribution in [0.15, 0.2) is 0 Å². The van der Waals surface area contributed by atoms with E-state index in [-0.39, 0.29) is 0 Å². The third-order valence-corrected chi connectivity index (χ3v) is 2.52. The fraction of sp³-hybridized carbons (Fsp3) is 1.00. The van der Waals surface area contributed by atoms with Crippen LogP contribution >= 0.6 is 0 Å². The van der Waals surface area contributed by atoms with Gasteiger partial charge in [0.1, 0.15) is 0 Å². The Labute approximate surface area is 57.6 Å². The summed E-state index contributed by atoms with van der Waals surface area (Å²) in [6.45, 7) is 4.56. The third-order valence-electron chi connectivity index (χ3n) is 2.52. The van der Waals surface area contributed by atoms with Crippen molar-refractivity contribution in [3.8, 4) is 0 Å². The maximum Gasteiger partial charge on any atom is 0.00670 e. The predicted octanol–water partition coefficient (Wildman–Crippen LogP) is 1.77. The molecule has 1 saturated carbocycles. The molecule has 0 radical (unpaired) electrons. The van der Waals surface area contributed by atoms with Crippen LogP contribution in [0.1, 0.15) is 33.1 Å². The zero-order valence-electron chi connectivity index (χ0n) is 6.43. The summed E-state index contributed by atoms with van der Waals surface area (Å²) in [6.07, 6.45) is 3.96. The maximum atomic E-state index is 5.87. The van der Waals surface area contributed by atoms with E-state index in [1.807, 2.05) is 0 Å². The van der Waals surface area contributed by atoms with E-state index in [2.05, 4.69) is 13.8 Å². The Morgan fingerprint density at radius 3 is 2.33 bits per heavy atom. The van der Waals surface area contributed by atoms with E-state index in [0.29, 0.717) is 6.04 Å². The smallest absolute Gasteiger partial charge is 0.00670 e. The summed E-state index contributed by atoms with van der Waals surface area (Å²) < 4.78 is 0. The van der Waals surface area contributed by atoms with Crippen LogP contribution in [0, 0.1) is 11.8 Å². The van der Waals surface area contributed by atoms with Gasteiger partial charge in [0.2, 0.25) is 0 Å². The summed E-state index contributed by atoms with van der Waals surface area (Å²) in [4.78, 5) is 0. The highest BCUT2D eigenvalue weighted by molar-refractivity contribution is 4.77. The van der Waals surface area contributed by atoms with Crippen molar-refractivity contribution in [3.05, 3.63) is 0 Å². The summed E-state index contributed by atoms with van der Waals surface area (Å²) in [5.41, 5.74) is 5.87. The number of nitrogens with two attached hydrogens (primary N) is 1. The van der Waals surface area contributed by atoms with E-state index < -0.39 is 0 Å². The van der Waals surface area contributed by atoms with Crippen molar-refractivity contribution < 1.29 is 0 Å². The molecule has 2 N–H and O–H groups in total. The molecule has 54 valence electrons. The fourth-order valence-electron chi connectivity index (χ4n) is 1.58. The Morgan fingerprint density at radius 1 is 1.22 bits per heavy atom. The van der Waals surface area contributed by atoms with Crippen LogP contribution in [0.2, 0.25) is 0 Å². The first-order valence-corrected chi connectivity index (χ1v) is 3.95. The normalized spacial score (nSPS) is 45.0. The minimum absolute atomic E-state index is 0.480. The first kappa shape index (κ1) is 7.07. The van der Waals surface area contributed by atoms with Gasteiger partial charge in [-0.3, -0.25) is 0 Å².